The highest BCUT2D eigenvalue weighted by Crippen LogP contribution is 2.33. The van der Waals surface area contributed by atoms with Crippen LogP contribution in [0.15, 0.2) is 73.3 Å². The van der Waals surface area contributed by atoms with Crippen molar-refractivity contribution in [2.75, 3.05) is 0 Å². The maximum atomic E-state index is 14.8. The van der Waals surface area contributed by atoms with Gasteiger partial charge in [0.05, 0.1) is 11.2 Å². The van der Waals surface area contributed by atoms with Crippen LogP contribution >= 0.6 is 0 Å². The Bertz CT molecular complexity index is 1540. The molecular formula is C23H14FN7. The van der Waals surface area contributed by atoms with Crippen molar-refractivity contribution < 1.29 is 4.39 Å². The Hall–Kier alpha value is -4.46. The van der Waals surface area contributed by atoms with Crippen LogP contribution in [0.4, 0.5) is 4.39 Å². The van der Waals surface area contributed by atoms with Gasteiger partial charge in [-0.25, -0.2) is 9.37 Å². The molecule has 31 heavy (non-hydrogen) atoms. The molecule has 0 aliphatic carbocycles. The average Bonchev–Trinajstić information content (AvgIpc) is 3.44. The molecule has 0 amide bonds. The molecule has 6 aromatic rings. The number of aromatic nitrogens is 7. The zero-order chi connectivity index (χ0) is 20.8. The lowest BCUT2D eigenvalue weighted by Gasteiger charge is -2.02. The van der Waals surface area contributed by atoms with Gasteiger partial charge in [-0.3, -0.25) is 20.1 Å². The molecule has 7 nitrogen and oxygen atoms in total. The third kappa shape index (κ3) is 2.84. The summed E-state index contributed by atoms with van der Waals surface area (Å²) in [6, 6.07) is 14.5. The topological polar surface area (TPSA) is 96.0 Å². The monoisotopic (exact) mass is 407 g/mol. The van der Waals surface area contributed by atoms with Crippen LogP contribution in [0.5, 0.6) is 0 Å². The number of H-pyrrole nitrogens is 2. The molecule has 0 aliphatic rings. The second kappa shape index (κ2) is 6.81. The molecule has 5 heterocycles. The third-order valence-corrected chi connectivity index (χ3v) is 5.15. The number of pyridine rings is 3. The Morgan fingerprint density at radius 3 is 2.65 bits per heavy atom. The summed E-state index contributed by atoms with van der Waals surface area (Å²) in [6.07, 6.45) is 6.81. The van der Waals surface area contributed by atoms with Gasteiger partial charge in [-0.05, 0) is 42.0 Å². The van der Waals surface area contributed by atoms with Crippen molar-refractivity contribution in [2.45, 2.75) is 0 Å². The molecule has 0 atom stereocenters. The maximum absolute atomic E-state index is 14.8. The molecule has 0 spiro atoms. The zero-order valence-electron chi connectivity index (χ0n) is 16.0. The number of benzene rings is 1. The highest BCUT2D eigenvalue weighted by molar-refractivity contribution is 5.97. The van der Waals surface area contributed by atoms with Gasteiger partial charge in [0.25, 0.3) is 0 Å². The lowest BCUT2D eigenvalue weighted by atomic mass is 10.0. The third-order valence-electron chi connectivity index (χ3n) is 5.15. The van der Waals surface area contributed by atoms with Crippen molar-refractivity contribution in [3.8, 4) is 34.0 Å². The van der Waals surface area contributed by atoms with Gasteiger partial charge in [0.1, 0.15) is 22.4 Å². The molecule has 0 saturated carbocycles. The van der Waals surface area contributed by atoms with Crippen LogP contribution in [0.1, 0.15) is 0 Å². The number of aromatic amines is 2. The SMILES string of the molecule is Fc1cc(-c2cccnc2)cc2c(-c3nc4c(-c5ccccn5)nccc4[nH]3)[nH]nc12. The van der Waals surface area contributed by atoms with E-state index in [0.717, 1.165) is 16.8 Å². The lowest BCUT2D eigenvalue weighted by Crippen LogP contribution is -1.88. The van der Waals surface area contributed by atoms with E-state index in [1.54, 1.807) is 24.8 Å². The highest BCUT2D eigenvalue weighted by atomic mass is 19.1. The minimum Gasteiger partial charge on any atom is -0.337 e. The normalized spacial score (nSPS) is 11.4. The average molecular weight is 407 g/mol. The summed E-state index contributed by atoms with van der Waals surface area (Å²) in [6.45, 7) is 0. The number of halogens is 1. The van der Waals surface area contributed by atoms with E-state index in [2.05, 4.69) is 30.1 Å². The first kappa shape index (κ1) is 17.4. The maximum Gasteiger partial charge on any atom is 0.157 e. The predicted octanol–water partition coefficient (Wildman–Crippen LogP) is 4.76. The van der Waals surface area contributed by atoms with Crippen molar-refractivity contribution in [1.29, 1.82) is 0 Å². The van der Waals surface area contributed by atoms with E-state index in [9.17, 15) is 4.39 Å². The molecular weight excluding hydrogens is 393 g/mol. The number of fused-ring (bicyclic) bond motifs is 2. The molecule has 2 N–H and O–H groups in total. The summed E-state index contributed by atoms with van der Waals surface area (Å²) in [5, 5.41) is 7.74. The van der Waals surface area contributed by atoms with Gasteiger partial charge >= 0.3 is 0 Å². The van der Waals surface area contributed by atoms with Crippen molar-refractivity contribution in [3.63, 3.8) is 0 Å². The van der Waals surface area contributed by atoms with E-state index in [0.29, 0.717) is 33.7 Å². The van der Waals surface area contributed by atoms with Crippen molar-refractivity contribution in [2.24, 2.45) is 0 Å². The van der Waals surface area contributed by atoms with Gasteiger partial charge in [-0.2, -0.15) is 5.10 Å². The summed E-state index contributed by atoms with van der Waals surface area (Å²) >= 11 is 0. The molecule has 0 fully saturated rings. The highest BCUT2D eigenvalue weighted by Gasteiger charge is 2.18. The minimum absolute atomic E-state index is 0.256. The van der Waals surface area contributed by atoms with E-state index in [4.69, 9.17) is 4.98 Å². The molecule has 0 unspecified atom stereocenters. The lowest BCUT2D eigenvalue weighted by molar-refractivity contribution is 0.636. The fourth-order valence-corrected chi connectivity index (χ4v) is 3.70. The quantitative estimate of drug-likeness (QED) is 0.441. The Labute approximate surface area is 175 Å². The van der Waals surface area contributed by atoms with Gasteiger partial charge in [-0.15, -0.1) is 0 Å². The fourth-order valence-electron chi connectivity index (χ4n) is 3.70. The van der Waals surface area contributed by atoms with Gasteiger partial charge in [0.15, 0.2) is 11.6 Å². The van der Waals surface area contributed by atoms with Crippen molar-refractivity contribution >= 4 is 21.9 Å². The number of nitrogens with one attached hydrogen (secondary N) is 2. The molecule has 8 heteroatoms. The van der Waals surface area contributed by atoms with E-state index in [1.807, 2.05) is 42.5 Å². The standard InChI is InChI=1S/C23H14FN7/c24-16-11-14(13-4-3-7-25-12-13)10-15-19(16)30-31-20(15)23-28-18-6-9-27-21(22(18)29-23)17-5-1-2-8-26-17/h1-12H,(H,28,29)(H,30,31). The minimum atomic E-state index is -0.411. The molecule has 0 radical (unpaired) electrons. The molecule has 148 valence electrons. The summed E-state index contributed by atoms with van der Waals surface area (Å²) in [5.74, 6) is 0.135. The summed E-state index contributed by atoms with van der Waals surface area (Å²) in [7, 11) is 0. The van der Waals surface area contributed by atoms with E-state index < -0.39 is 5.82 Å². The molecule has 6 rings (SSSR count). The van der Waals surface area contributed by atoms with Gasteiger partial charge in [-0.1, -0.05) is 12.1 Å². The van der Waals surface area contributed by atoms with Crippen LogP contribution < -0.4 is 0 Å². The van der Waals surface area contributed by atoms with Crippen molar-refractivity contribution in [3.05, 3.63) is 79.1 Å². The molecule has 5 aromatic heterocycles. The van der Waals surface area contributed by atoms with E-state index >= 15 is 0 Å². The van der Waals surface area contributed by atoms with Crippen LogP contribution in [-0.2, 0) is 0 Å². The van der Waals surface area contributed by atoms with Gasteiger partial charge in [0, 0.05) is 35.7 Å². The smallest absolute Gasteiger partial charge is 0.157 e. The number of rotatable bonds is 3. The van der Waals surface area contributed by atoms with Crippen LogP contribution in [0, 0.1) is 5.82 Å². The number of hydrogen-bond donors (Lipinski definition) is 2. The second-order valence-electron chi connectivity index (χ2n) is 7.05. The van der Waals surface area contributed by atoms with Crippen molar-refractivity contribution in [1.82, 2.24) is 35.1 Å². The van der Waals surface area contributed by atoms with Crippen LogP contribution in [0.3, 0.4) is 0 Å². The molecule has 0 bridgehead atoms. The first-order valence-corrected chi connectivity index (χ1v) is 9.62. The van der Waals surface area contributed by atoms with Crippen LogP contribution in [0.25, 0.3) is 56.0 Å². The van der Waals surface area contributed by atoms with E-state index in [-0.39, 0.29) is 5.52 Å². The Morgan fingerprint density at radius 1 is 0.839 bits per heavy atom. The summed E-state index contributed by atoms with van der Waals surface area (Å²) in [5.41, 5.74) is 5.28. The van der Waals surface area contributed by atoms with Gasteiger partial charge in [0.2, 0.25) is 0 Å². The van der Waals surface area contributed by atoms with Crippen LogP contribution in [0.2, 0.25) is 0 Å². The van der Waals surface area contributed by atoms with E-state index in [1.165, 1.54) is 6.07 Å². The van der Waals surface area contributed by atoms with Gasteiger partial charge < -0.3 is 4.98 Å². The Kier molecular flexibility index (Phi) is 3.82. The molecule has 0 saturated heterocycles. The first-order valence-electron chi connectivity index (χ1n) is 9.62. The molecule has 1 aromatic carbocycles. The Morgan fingerprint density at radius 2 is 1.81 bits per heavy atom. The fraction of sp³-hybridized carbons (Fsp3) is 0. The zero-order valence-corrected chi connectivity index (χ0v) is 16.0. The molecule has 0 aliphatic heterocycles. The predicted molar refractivity (Wildman–Crippen MR) is 115 cm³/mol. The summed E-state index contributed by atoms with van der Waals surface area (Å²) < 4.78 is 14.8. The largest absolute Gasteiger partial charge is 0.337 e. The first-order chi connectivity index (χ1) is 15.3. The summed E-state index contributed by atoms with van der Waals surface area (Å²) in [4.78, 5) is 21.0. The number of hydrogen-bond acceptors (Lipinski definition) is 5. The second-order valence-corrected chi connectivity index (χ2v) is 7.05. The number of nitrogens with zero attached hydrogens (tertiary/aromatic N) is 5. The number of imidazole rings is 1. The Balaban J connectivity index is 1.55. The van der Waals surface area contributed by atoms with Crippen LogP contribution in [-0.4, -0.2) is 35.1 Å².